The van der Waals surface area contributed by atoms with Gasteiger partial charge in [0.1, 0.15) is 0 Å². The molecule has 1 aromatic carbocycles. The number of sulfonamides is 1. The van der Waals surface area contributed by atoms with Crippen LogP contribution in [0, 0.1) is 16.0 Å². The van der Waals surface area contributed by atoms with Gasteiger partial charge in [-0.3, -0.25) is 14.9 Å². The second-order valence-electron chi connectivity index (χ2n) is 5.49. The van der Waals surface area contributed by atoms with Gasteiger partial charge in [0.05, 0.1) is 16.6 Å². The van der Waals surface area contributed by atoms with E-state index in [0.717, 1.165) is 0 Å². The number of carboxylic acids is 1. The maximum Gasteiger partial charge on any atom is 0.307 e. The average molecular weight is 342 g/mol. The van der Waals surface area contributed by atoms with E-state index in [9.17, 15) is 23.3 Å². The maximum atomic E-state index is 12.4. The first-order valence-corrected chi connectivity index (χ1v) is 8.85. The number of nitro benzene ring substituents is 1. The first-order valence-electron chi connectivity index (χ1n) is 7.24. The predicted molar refractivity (Wildman–Crippen MR) is 82.5 cm³/mol. The zero-order valence-electron chi connectivity index (χ0n) is 12.4. The quantitative estimate of drug-likeness (QED) is 0.614. The van der Waals surface area contributed by atoms with E-state index in [0.29, 0.717) is 24.9 Å². The molecule has 1 fully saturated rings. The number of carboxylic acid groups (broad SMARTS) is 1. The Morgan fingerprint density at radius 3 is 2.74 bits per heavy atom. The Labute approximate surface area is 133 Å². The standard InChI is InChI=1S/C14H18N2O6S/c17-14(18)12-5-3-8-15(10-12)23(21,22)9-7-11-4-1-2-6-13(11)16(19)20/h1-2,4,6,12H,3,5,7-10H2,(H,17,18). The number of rotatable bonds is 6. The van der Waals surface area contributed by atoms with Crippen LogP contribution in [0.5, 0.6) is 0 Å². The lowest BCUT2D eigenvalue weighted by atomic mass is 10.0. The summed E-state index contributed by atoms with van der Waals surface area (Å²) in [7, 11) is -3.64. The summed E-state index contributed by atoms with van der Waals surface area (Å²) in [5.41, 5.74) is 0.248. The number of hydrogen-bond acceptors (Lipinski definition) is 5. The Kier molecular flexibility index (Phi) is 5.32. The van der Waals surface area contributed by atoms with Gasteiger partial charge in [-0.2, -0.15) is 0 Å². The van der Waals surface area contributed by atoms with Crippen molar-refractivity contribution in [2.75, 3.05) is 18.8 Å². The van der Waals surface area contributed by atoms with Gasteiger partial charge in [-0.1, -0.05) is 18.2 Å². The minimum atomic E-state index is -3.64. The zero-order valence-corrected chi connectivity index (χ0v) is 13.2. The zero-order chi connectivity index (χ0) is 17.0. The molecule has 126 valence electrons. The molecule has 1 atom stereocenters. The second kappa shape index (κ2) is 7.05. The first kappa shape index (κ1) is 17.4. The summed E-state index contributed by atoms with van der Waals surface area (Å²) in [6.45, 7) is 0.261. The van der Waals surface area contributed by atoms with E-state index >= 15 is 0 Å². The Morgan fingerprint density at radius 1 is 1.39 bits per heavy atom. The van der Waals surface area contributed by atoms with Crippen LogP contribution in [0.1, 0.15) is 18.4 Å². The number of benzene rings is 1. The Bertz CT molecular complexity index is 703. The molecule has 9 heteroatoms. The fraction of sp³-hybridized carbons (Fsp3) is 0.500. The lowest BCUT2D eigenvalue weighted by Crippen LogP contribution is -2.43. The summed E-state index contributed by atoms with van der Waals surface area (Å²) < 4.78 is 25.9. The molecule has 0 aromatic heterocycles. The van der Waals surface area contributed by atoms with E-state index in [4.69, 9.17) is 5.11 Å². The third-order valence-corrected chi connectivity index (χ3v) is 5.78. The lowest BCUT2D eigenvalue weighted by Gasteiger charge is -2.29. The summed E-state index contributed by atoms with van der Waals surface area (Å²) in [5, 5.41) is 20.0. The molecule has 23 heavy (non-hydrogen) atoms. The Balaban J connectivity index is 2.07. The normalized spacial score (nSPS) is 19.4. The number of piperidine rings is 1. The van der Waals surface area contributed by atoms with Gasteiger partial charge in [-0.15, -0.1) is 0 Å². The van der Waals surface area contributed by atoms with Crippen LogP contribution in [-0.2, 0) is 21.2 Å². The third kappa shape index (κ3) is 4.26. The molecule has 0 aliphatic carbocycles. The molecule has 0 saturated carbocycles. The number of carbonyl (C=O) groups is 1. The fourth-order valence-electron chi connectivity index (χ4n) is 2.67. The number of nitrogens with zero attached hydrogens (tertiary/aromatic N) is 2. The van der Waals surface area contributed by atoms with E-state index in [-0.39, 0.29) is 24.4 Å². The molecule has 0 amide bonds. The Morgan fingerprint density at radius 2 is 2.09 bits per heavy atom. The number of hydrogen-bond donors (Lipinski definition) is 1. The van der Waals surface area contributed by atoms with Crippen LogP contribution in [0.4, 0.5) is 5.69 Å². The smallest absolute Gasteiger partial charge is 0.307 e. The van der Waals surface area contributed by atoms with E-state index in [1.807, 2.05) is 0 Å². The van der Waals surface area contributed by atoms with Crippen molar-refractivity contribution in [2.24, 2.45) is 5.92 Å². The van der Waals surface area contributed by atoms with Gasteiger partial charge >= 0.3 is 5.97 Å². The highest BCUT2D eigenvalue weighted by atomic mass is 32.2. The molecule has 1 heterocycles. The first-order chi connectivity index (χ1) is 10.8. The van der Waals surface area contributed by atoms with E-state index in [1.54, 1.807) is 6.07 Å². The predicted octanol–water partition coefficient (Wildman–Crippen LogP) is 1.26. The molecule has 1 N–H and O–H groups in total. The van der Waals surface area contributed by atoms with Gasteiger partial charge in [-0.05, 0) is 19.3 Å². The Hall–Kier alpha value is -2.00. The van der Waals surface area contributed by atoms with Crippen LogP contribution in [0.3, 0.4) is 0 Å². The molecule has 1 aromatic rings. The van der Waals surface area contributed by atoms with Crippen LogP contribution in [-0.4, -0.2) is 47.6 Å². The average Bonchev–Trinajstić information content (AvgIpc) is 2.53. The summed E-state index contributed by atoms with van der Waals surface area (Å²) in [6.07, 6.45) is 0.987. The van der Waals surface area contributed by atoms with Gasteiger partial charge in [0.25, 0.3) is 5.69 Å². The van der Waals surface area contributed by atoms with Gasteiger partial charge in [0, 0.05) is 24.7 Å². The molecule has 0 bridgehead atoms. The maximum absolute atomic E-state index is 12.4. The van der Waals surface area contributed by atoms with Crippen LogP contribution < -0.4 is 0 Å². The number of para-hydroxylation sites is 1. The molecule has 8 nitrogen and oxygen atoms in total. The van der Waals surface area contributed by atoms with Gasteiger partial charge in [-0.25, -0.2) is 12.7 Å². The second-order valence-corrected chi connectivity index (χ2v) is 7.58. The number of aryl methyl sites for hydroxylation is 1. The highest BCUT2D eigenvalue weighted by Crippen LogP contribution is 2.22. The van der Waals surface area contributed by atoms with Gasteiger partial charge < -0.3 is 5.11 Å². The molecular formula is C14H18N2O6S. The minimum Gasteiger partial charge on any atom is -0.481 e. The van der Waals surface area contributed by atoms with Crippen molar-refractivity contribution in [1.29, 1.82) is 0 Å². The molecular weight excluding hydrogens is 324 g/mol. The summed E-state index contributed by atoms with van der Waals surface area (Å²) in [6, 6.07) is 6.02. The van der Waals surface area contributed by atoms with E-state index in [1.165, 1.54) is 22.5 Å². The minimum absolute atomic E-state index is 0.0216. The number of aliphatic carboxylic acids is 1. The van der Waals surface area contributed by atoms with Crippen LogP contribution in [0.25, 0.3) is 0 Å². The molecule has 0 spiro atoms. The lowest BCUT2D eigenvalue weighted by molar-refractivity contribution is -0.385. The molecule has 1 saturated heterocycles. The highest BCUT2D eigenvalue weighted by molar-refractivity contribution is 7.89. The van der Waals surface area contributed by atoms with Crippen LogP contribution >= 0.6 is 0 Å². The van der Waals surface area contributed by atoms with E-state index in [2.05, 4.69) is 0 Å². The van der Waals surface area contributed by atoms with Crippen LogP contribution in [0.2, 0.25) is 0 Å². The van der Waals surface area contributed by atoms with E-state index < -0.39 is 26.8 Å². The van der Waals surface area contributed by atoms with Crippen molar-refractivity contribution in [3.8, 4) is 0 Å². The monoisotopic (exact) mass is 342 g/mol. The van der Waals surface area contributed by atoms with Gasteiger partial charge in [0.15, 0.2) is 0 Å². The van der Waals surface area contributed by atoms with Crippen molar-refractivity contribution >= 4 is 21.7 Å². The van der Waals surface area contributed by atoms with Crippen molar-refractivity contribution in [3.63, 3.8) is 0 Å². The molecule has 1 aliphatic heterocycles. The fourth-order valence-corrected chi connectivity index (χ4v) is 4.22. The third-order valence-electron chi connectivity index (χ3n) is 3.94. The van der Waals surface area contributed by atoms with Crippen molar-refractivity contribution < 1.29 is 23.2 Å². The molecule has 1 aliphatic rings. The summed E-state index contributed by atoms with van der Waals surface area (Å²) in [5.74, 6) is -1.96. The summed E-state index contributed by atoms with van der Waals surface area (Å²) in [4.78, 5) is 21.4. The van der Waals surface area contributed by atoms with Crippen molar-refractivity contribution in [1.82, 2.24) is 4.31 Å². The molecule has 0 radical (unpaired) electrons. The van der Waals surface area contributed by atoms with Crippen molar-refractivity contribution in [2.45, 2.75) is 19.3 Å². The topological polar surface area (TPSA) is 118 Å². The SMILES string of the molecule is O=C(O)C1CCCN(S(=O)(=O)CCc2ccccc2[N+](=O)[O-])C1. The van der Waals surface area contributed by atoms with Crippen molar-refractivity contribution in [3.05, 3.63) is 39.9 Å². The summed E-state index contributed by atoms with van der Waals surface area (Å²) >= 11 is 0. The highest BCUT2D eigenvalue weighted by Gasteiger charge is 2.32. The molecule has 1 unspecified atom stereocenters. The largest absolute Gasteiger partial charge is 0.481 e. The molecule has 2 rings (SSSR count). The van der Waals surface area contributed by atoms with Gasteiger partial charge in [0.2, 0.25) is 10.0 Å². The van der Waals surface area contributed by atoms with Crippen LogP contribution in [0.15, 0.2) is 24.3 Å². The number of nitro groups is 1.